The maximum atomic E-state index is 12.1. The number of sulfonamides is 1. The number of benzene rings is 2. The predicted octanol–water partition coefficient (Wildman–Crippen LogP) is 1.53. The Labute approximate surface area is 174 Å². The highest BCUT2D eigenvalue weighted by Gasteiger charge is 2.09. The Hall–Kier alpha value is -3.40. The first kappa shape index (κ1) is 22.9. The zero-order valence-electron chi connectivity index (χ0n) is 16.6. The van der Waals surface area contributed by atoms with Crippen LogP contribution in [0.2, 0.25) is 0 Å². The summed E-state index contributed by atoms with van der Waals surface area (Å²) >= 11 is 0. The summed E-state index contributed by atoms with van der Waals surface area (Å²) in [5.74, 6) is -0.796. The number of carbonyl (C=O) groups is 3. The number of rotatable bonds is 9. The van der Waals surface area contributed by atoms with Gasteiger partial charge >= 0.3 is 5.97 Å². The summed E-state index contributed by atoms with van der Waals surface area (Å²) in [6.07, 6.45) is 1.55. The number of amides is 2. The molecule has 0 unspecified atom stereocenters. The van der Waals surface area contributed by atoms with Crippen molar-refractivity contribution in [3.8, 4) is 5.75 Å². The van der Waals surface area contributed by atoms with Crippen LogP contribution in [-0.2, 0) is 14.8 Å². The van der Waals surface area contributed by atoms with Gasteiger partial charge in [-0.05, 0) is 48.9 Å². The van der Waals surface area contributed by atoms with Crippen LogP contribution in [0.15, 0.2) is 48.5 Å². The van der Waals surface area contributed by atoms with Crippen LogP contribution in [0, 0.1) is 0 Å². The fourth-order valence-corrected chi connectivity index (χ4v) is 3.03. The molecule has 3 N–H and O–H groups in total. The van der Waals surface area contributed by atoms with Gasteiger partial charge in [0.1, 0.15) is 5.75 Å². The lowest BCUT2D eigenvalue weighted by Crippen LogP contribution is -2.29. The minimum absolute atomic E-state index is 0.292. The number of carbonyl (C=O) groups excluding carboxylic acids is 3. The Morgan fingerprint density at radius 1 is 0.900 bits per heavy atom. The first-order chi connectivity index (χ1) is 14.1. The lowest BCUT2D eigenvalue weighted by Gasteiger charge is -2.09. The van der Waals surface area contributed by atoms with Gasteiger partial charge in [-0.15, -0.1) is 0 Å². The first-order valence-corrected chi connectivity index (χ1v) is 11.0. The normalized spacial score (nSPS) is 10.7. The monoisotopic (exact) mass is 433 g/mol. The Bertz CT molecular complexity index is 1020. The Morgan fingerprint density at radius 3 is 2.07 bits per heavy atom. The zero-order valence-corrected chi connectivity index (χ0v) is 17.4. The van der Waals surface area contributed by atoms with Gasteiger partial charge in [0.2, 0.25) is 10.0 Å². The van der Waals surface area contributed by atoms with E-state index in [9.17, 15) is 22.8 Å². The van der Waals surface area contributed by atoms with Crippen molar-refractivity contribution in [1.29, 1.82) is 0 Å². The minimum Gasteiger partial charge on any atom is -0.427 e. The van der Waals surface area contributed by atoms with E-state index in [0.717, 1.165) is 6.26 Å². The molecular weight excluding hydrogens is 410 g/mol. The van der Waals surface area contributed by atoms with Crippen LogP contribution in [0.3, 0.4) is 0 Å². The average molecular weight is 433 g/mol. The molecule has 0 fully saturated rings. The van der Waals surface area contributed by atoms with Gasteiger partial charge in [-0.1, -0.05) is 6.07 Å². The van der Waals surface area contributed by atoms with Gasteiger partial charge in [-0.2, -0.15) is 0 Å². The molecule has 0 saturated carbocycles. The molecular formula is C20H23N3O6S. The van der Waals surface area contributed by atoms with Crippen molar-refractivity contribution in [2.24, 2.45) is 0 Å². The highest BCUT2D eigenvalue weighted by Crippen LogP contribution is 2.13. The van der Waals surface area contributed by atoms with E-state index in [4.69, 9.17) is 4.74 Å². The van der Waals surface area contributed by atoms with E-state index in [2.05, 4.69) is 15.4 Å². The number of hydrogen-bond acceptors (Lipinski definition) is 6. The second-order valence-electron chi connectivity index (χ2n) is 6.44. The average Bonchev–Trinajstić information content (AvgIpc) is 2.66. The summed E-state index contributed by atoms with van der Waals surface area (Å²) in [5, 5.41) is 5.45. The van der Waals surface area contributed by atoms with Crippen molar-refractivity contribution in [3.63, 3.8) is 0 Å². The molecule has 9 nitrogen and oxygen atoms in total. The highest BCUT2D eigenvalue weighted by molar-refractivity contribution is 7.92. The van der Waals surface area contributed by atoms with Crippen molar-refractivity contribution < 1.29 is 27.5 Å². The molecule has 2 rings (SSSR count). The van der Waals surface area contributed by atoms with E-state index >= 15 is 0 Å². The summed E-state index contributed by atoms with van der Waals surface area (Å²) in [5.41, 5.74) is 1.12. The van der Waals surface area contributed by atoms with E-state index in [1.54, 1.807) is 18.2 Å². The maximum Gasteiger partial charge on any atom is 0.308 e. The molecule has 2 aromatic rings. The molecule has 0 heterocycles. The lowest BCUT2D eigenvalue weighted by molar-refractivity contribution is -0.131. The van der Waals surface area contributed by atoms with Crippen molar-refractivity contribution in [3.05, 3.63) is 59.7 Å². The van der Waals surface area contributed by atoms with E-state index in [-0.39, 0.29) is 11.8 Å². The fourth-order valence-electron chi connectivity index (χ4n) is 2.47. The van der Waals surface area contributed by atoms with Crippen LogP contribution in [0.5, 0.6) is 5.75 Å². The molecule has 0 aliphatic rings. The van der Waals surface area contributed by atoms with E-state index < -0.39 is 16.0 Å². The highest BCUT2D eigenvalue weighted by atomic mass is 32.2. The largest absolute Gasteiger partial charge is 0.427 e. The van der Waals surface area contributed by atoms with Crippen molar-refractivity contribution in [2.75, 3.05) is 24.1 Å². The molecule has 2 amide bonds. The quantitative estimate of drug-likeness (QED) is 0.312. The molecule has 0 radical (unpaired) electrons. The number of ether oxygens (including phenoxy) is 1. The summed E-state index contributed by atoms with van der Waals surface area (Å²) in [6, 6.07) is 12.3. The number of nitrogens with one attached hydrogen (secondary N) is 3. The van der Waals surface area contributed by atoms with Crippen LogP contribution in [0.1, 0.15) is 34.1 Å². The number of hydrogen-bond donors (Lipinski definition) is 3. The first-order valence-electron chi connectivity index (χ1n) is 9.07. The lowest BCUT2D eigenvalue weighted by atomic mass is 10.2. The molecule has 0 atom stereocenters. The molecule has 2 aromatic carbocycles. The van der Waals surface area contributed by atoms with Gasteiger partial charge in [0.15, 0.2) is 0 Å². The molecule has 0 aliphatic heterocycles. The molecule has 0 bridgehead atoms. The molecule has 0 spiro atoms. The molecule has 0 aromatic heterocycles. The third-order valence-electron chi connectivity index (χ3n) is 3.73. The predicted molar refractivity (Wildman–Crippen MR) is 112 cm³/mol. The fraction of sp³-hybridized carbons (Fsp3) is 0.250. The van der Waals surface area contributed by atoms with Gasteiger partial charge in [0.05, 0.1) is 6.26 Å². The second kappa shape index (κ2) is 10.4. The smallest absolute Gasteiger partial charge is 0.308 e. The van der Waals surface area contributed by atoms with Gasteiger partial charge in [-0.3, -0.25) is 19.1 Å². The second-order valence-corrected chi connectivity index (χ2v) is 8.19. The van der Waals surface area contributed by atoms with Gasteiger partial charge in [-0.25, -0.2) is 8.42 Å². The van der Waals surface area contributed by atoms with E-state index in [1.165, 1.54) is 37.3 Å². The van der Waals surface area contributed by atoms with Crippen molar-refractivity contribution >= 4 is 33.5 Å². The number of esters is 1. The van der Waals surface area contributed by atoms with Crippen LogP contribution in [0.25, 0.3) is 0 Å². The third-order valence-corrected chi connectivity index (χ3v) is 4.34. The molecule has 160 valence electrons. The maximum absolute atomic E-state index is 12.1. The van der Waals surface area contributed by atoms with Crippen molar-refractivity contribution in [2.45, 2.75) is 13.3 Å². The topological polar surface area (TPSA) is 131 Å². The molecule has 0 saturated heterocycles. The summed E-state index contributed by atoms with van der Waals surface area (Å²) < 4.78 is 29.6. The van der Waals surface area contributed by atoms with Gasteiger partial charge in [0.25, 0.3) is 11.8 Å². The zero-order chi connectivity index (χ0) is 22.1. The van der Waals surface area contributed by atoms with E-state index in [1.807, 2.05) is 0 Å². The Kier molecular flexibility index (Phi) is 7.93. The van der Waals surface area contributed by atoms with Gasteiger partial charge < -0.3 is 15.4 Å². The summed E-state index contributed by atoms with van der Waals surface area (Å²) in [7, 11) is -3.37. The van der Waals surface area contributed by atoms with Crippen molar-refractivity contribution in [1.82, 2.24) is 10.6 Å². The Balaban J connectivity index is 1.74. The molecule has 30 heavy (non-hydrogen) atoms. The van der Waals surface area contributed by atoms with E-state index in [0.29, 0.717) is 42.1 Å². The summed E-state index contributed by atoms with van der Waals surface area (Å²) in [4.78, 5) is 35.2. The van der Waals surface area contributed by atoms with Crippen LogP contribution < -0.4 is 20.1 Å². The van der Waals surface area contributed by atoms with Crippen LogP contribution in [-0.4, -0.2) is 45.5 Å². The van der Waals surface area contributed by atoms with Crippen LogP contribution >= 0.6 is 0 Å². The minimum atomic E-state index is -3.37. The summed E-state index contributed by atoms with van der Waals surface area (Å²) in [6.45, 7) is 1.96. The molecule has 10 heteroatoms. The van der Waals surface area contributed by atoms with Gasteiger partial charge in [0, 0.05) is 36.8 Å². The number of anilines is 1. The SMILES string of the molecule is CC(=O)Oc1cccc(C(=O)NCCCNC(=O)c2ccc(NS(C)(=O)=O)cc2)c1. The molecule has 0 aliphatic carbocycles. The van der Waals surface area contributed by atoms with Crippen LogP contribution in [0.4, 0.5) is 5.69 Å². The Morgan fingerprint density at radius 2 is 1.50 bits per heavy atom. The standard InChI is InChI=1S/C20H23N3O6S/c1-14(24)29-18-6-3-5-16(13-18)20(26)22-12-4-11-21-19(25)15-7-9-17(10-8-15)23-30(2,27)28/h3,5-10,13,23H,4,11-12H2,1-2H3,(H,21,25)(H,22,26). The third kappa shape index (κ3) is 7.92.